The molecule has 0 bridgehead atoms. The van der Waals surface area contributed by atoms with Gasteiger partial charge in [0.1, 0.15) is 0 Å². The molecule has 0 saturated carbocycles. The van der Waals surface area contributed by atoms with Gasteiger partial charge in [0, 0.05) is 17.5 Å². The van der Waals surface area contributed by atoms with Gasteiger partial charge in [-0.05, 0) is 56.2 Å². The normalized spacial score (nSPS) is 15.9. The Bertz CT molecular complexity index is 588. The zero-order valence-corrected chi connectivity index (χ0v) is 13.1. The number of hydrogen-bond donors (Lipinski definition) is 1. The Morgan fingerprint density at radius 1 is 1.25 bits per heavy atom. The maximum atomic E-state index is 4.30. The molecule has 0 amide bonds. The molecule has 2 nitrogen and oxygen atoms in total. The van der Waals surface area contributed by atoms with E-state index in [0.29, 0.717) is 6.04 Å². The minimum atomic E-state index is 0.392. The molecule has 1 atom stereocenters. The molecule has 106 valence electrons. The summed E-state index contributed by atoms with van der Waals surface area (Å²) in [6.07, 6.45) is 5.21. The van der Waals surface area contributed by atoms with E-state index in [1.807, 2.05) is 5.51 Å². The third-order valence-electron chi connectivity index (χ3n) is 4.29. The van der Waals surface area contributed by atoms with E-state index < -0.39 is 0 Å². The number of hydrogen-bond acceptors (Lipinski definition) is 3. The first-order valence-electron chi connectivity index (χ1n) is 7.48. The fourth-order valence-corrected chi connectivity index (χ4v) is 3.61. The molecule has 0 radical (unpaired) electrons. The zero-order chi connectivity index (χ0) is 13.9. The van der Waals surface area contributed by atoms with Gasteiger partial charge in [-0.3, -0.25) is 0 Å². The maximum absolute atomic E-state index is 4.30. The Hall–Kier alpha value is -1.19. The fraction of sp³-hybridized carbons (Fsp3) is 0.471. The van der Waals surface area contributed by atoms with Crippen molar-refractivity contribution in [2.75, 3.05) is 0 Å². The van der Waals surface area contributed by atoms with Crippen molar-refractivity contribution in [3.63, 3.8) is 0 Å². The maximum Gasteiger partial charge on any atom is 0.0798 e. The molecule has 3 rings (SSSR count). The molecule has 1 aliphatic rings. The van der Waals surface area contributed by atoms with Crippen molar-refractivity contribution >= 4 is 11.3 Å². The van der Waals surface area contributed by atoms with E-state index in [4.69, 9.17) is 0 Å². The summed E-state index contributed by atoms with van der Waals surface area (Å²) in [4.78, 5) is 5.65. The molecule has 0 fully saturated rings. The topological polar surface area (TPSA) is 24.9 Å². The van der Waals surface area contributed by atoms with Crippen molar-refractivity contribution in [3.8, 4) is 0 Å². The minimum absolute atomic E-state index is 0.392. The van der Waals surface area contributed by atoms with Crippen molar-refractivity contribution < 1.29 is 0 Å². The van der Waals surface area contributed by atoms with Crippen LogP contribution in [0.4, 0.5) is 0 Å². The first-order valence-corrected chi connectivity index (χ1v) is 8.36. The molecule has 20 heavy (non-hydrogen) atoms. The molecule has 0 aliphatic heterocycles. The van der Waals surface area contributed by atoms with Crippen LogP contribution in [0.1, 0.15) is 53.1 Å². The highest BCUT2D eigenvalue weighted by atomic mass is 32.1. The fourth-order valence-electron chi connectivity index (χ4n) is 2.88. The van der Waals surface area contributed by atoms with E-state index in [2.05, 4.69) is 42.3 Å². The SMILES string of the molecule is Cc1ncsc1CNC(C)c1ccc2c(c1)CCCC2. The number of rotatable bonds is 4. The lowest BCUT2D eigenvalue weighted by molar-refractivity contribution is 0.574. The van der Waals surface area contributed by atoms with Crippen LogP contribution in [0.3, 0.4) is 0 Å². The Balaban J connectivity index is 1.67. The highest BCUT2D eigenvalue weighted by molar-refractivity contribution is 7.09. The van der Waals surface area contributed by atoms with Crippen LogP contribution >= 0.6 is 11.3 Å². The summed E-state index contributed by atoms with van der Waals surface area (Å²) in [6.45, 7) is 5.24. The van der Waals surface area contributed by atoms with Crippen LogP contribution in [0.5, 0.6) is 0 Å². The highest BCUT2D eigenvalue weighted by Crippen LogP contribution is 2.25. The molecular formula is C17H22N2S. The Morgan fingerprint density at radius 2 is 2.05 bits per heavy atom. The highest BCUT2D eigenvalue weighted by Gasteiger charge is 2.12. The van der Waals surface area contributed by atoms with Crippen molar-refractivity contribution in [2.24, 2.45) is 0 Å². The monoisotopic (exact) mass is 286 g/mol. The predicted molar refractivity (Wildman–Crippen MR) is 85.2 cm³/mol. The largest absolute Gasteiger partial charge is 0.305 e. The lowest BCUT2D eigenvalue weighted by Crippen LogP contribution is -2.18. The van der Waals surface area contributed by atoms with Gasteiger partial charge in [0.05, 0.1) is 11.2 Å². The summed E-state index contributed by atoms with van der Waals surface area (Å²) in [5.74, 6) is 0. The summed E-state index contributed by atoms with van der Waals surface area (Å²) in [7, 11) is 0. The number of thiazole rings is 1. The van der Waals surface area contributed by atoms with Crippen LogP contribution in [-0.4, -0.2) is 4.98 Å². The number of aryl methyl sites for hydroxylation is 3. The van der Waals surface area contributed by atoms with E-state index in [1.54, 1.807) is 22.5 Å². The molecule has 0 saturated heterocycles. The molecule has 1 unspecified atom stereocenters. The molecular weight excluding hydrogens is 264 g/mol. The van der Waals surface area contributed by atoms with Gasteiger partial charge in [-0.15, -0.1) is 11.3 Å². The predicted octanol–water partition coefficient (Wildman–Crippen LogP) is 4.18. The van der Waals surface area contributed by atoms with Crippen LogP contribution in [0.25, 0.3) is 0 Å². The van der Waals surface area contributed by atoms with Gasteiger partial charge >= 0.3 is 0 Å². The minimum Gasteiger partial charge on any atom is -0.305 e. The van der Waals surface area contributed by atoms with E-state index in [1.165, 1.54) is 36.1 Å². The number of aromatic nitrogens is 1. The van der Waals surface area contributed by atoms with Crippen LogP contribution in [0.2, 0.25) is 0 Å². The third kappa shape index (κ3) is 2.94. The van der Waals surface area contributed by atoms with E-state index in [0.717, 1.165) is 12.2 Å². The standard InChI is InChI=1S/C17H22N2S/c1-12(18-10-17-13(2)19-11-20-17)15-8-7-14-5-3-4-6-16(14)9-15/h7-9,11-12,18H,3-6,10H2,1-2H3. The smallest absolute Gasteiger partial charge is 0.0798 e. The van der Waals surface area contributed by atoms with Gasteiger partial charge in [0.2, 0.25) is 0 Å². The summed E-state index contributed by atoms with van der Waals surface area (Å²) in [6, 6.07) is 7.43. The van der Waals surface area contributed by atoms with Crippen molar-refractivity contribution in [1.29, 1.82) is 0 Å². The molecule has 1 aliphatic carbocycles. The van der Waals surface area contributed by atoms with E-state index in [9.17, 15) is 0 Å². The molecule has 1 aromatic heterocycles. The van der Waals surface area contributed by atoms with Gasteiger partial charge in [0.15, 0.2) is 0 Å². The summed E-state index contributed by atoms with van der Waals surface area (Å²) in [5, 5.41) is 3.62. The number of nitrogens with one attached hydrogen (secondary N) is 1. The molecule has 0 spiro atoms. The first kappa shape index (κ1) is 13.8. The molecule has 3 heteroatoms. The lowest BCUT2D eigenvalue weighted by atomic mass is 9.89. The summed E-state index contributed by atoms with van der Waals surface area (Å²) >= 11 is 1.74. The molecule has 2 aromatic rings. The van der Waals surface area contributed by atoms with Gasteiger partial charge in [-0.2, -0.15) is 0 Å². The Morgan fingerprint density at radius 3 is 2.80 bits per heavy atom. The second kappa shape index (κ2) is 6.06. The van der Waals surface area contributed by atoms with Crippen LogP contribution in [0.15, 0.2) is 23.7 Å². The van der Waals surface area contributed by atoms with Crippen LogP contribution in [0, 0.1) is 6.92 Å². The average Bonchev–Trinajstić information content (AvgIpc) is 2.89. The summed E-state index contributed by atoms with van der Waals surface area (Å²) in [5.41, 5.74) is 7.62. The number of benzene rings is 1. The van der Waals surface area contributed by atoms with Crippen LogP contribution < -0.4 is 5.32 Å². The van der Waals surface area contributed by atoms with Crippen molar-refractivity contribution in [2.45, 2.75) is 52.1 Å². The van der Waals surface area contributed by atoms with Gasteiger partial charge < -0.3 is 5.32 Å². The van der Waals surface area contributed by atoms with Gasteiger partial charge in [0.25, 0.3) is 0 Å². The second-order valence-electron chi connectivity index (χ2n) is 5.70. The van der Waals surface area contributed by atoms with Crippen molar-refractivity contribution in [1.82, 2.24) is 10.3 Å². The van der Waals surface area contributed by atoms with E-state index in [-0.39, 0.29) is 0 Å². The molecule has 1 N–H and O–H groups in total. The average molecular weight is 286 g/mol. The molecule has 1 aromatic carbocycles. The Kier molecular flexibility index (Phi) is 4.18. The second-order valence-corrected chi connectivity index (χ2v) is 6.64. The van der Waals surface area contributed by atoms with Gasteiger partial charge in [-0.25, -0.2) is 4.98 Å². The lowest BCUT2D eigenvalue weighted by Gasteiger charge is -2.20. The third-order valence-corrected chi connectivity index (χ3v) is 5.22. The number of fused-ring (bicyclic) bond motifs is 1. The number of nitrogens with zero attached hydrogens (tertiary/aromatic N) is 1. The van der Waals surface area contributed by atoms with Crippen molar-refractivity contribution in [3.05, 3.63) is 51.0 Å². The zero-order valence-electron chi connectivity index (χ0n) is 12.3. The van der Waals surface area contributed by atoms with Crippen LogP contribution in [-0.2, 0) is 19.4 Å². The quantitative estimate of drug-likeness (QED) is 0.912. The summed E-state index contributed by atoms with van der Waals surface area (Å²) < 4.78 is 0. The Labute approximate surface area is 125 Å². The van der Waals surface area contributed by atoms with Gasteiger partial charge in [-0.1, -0.05) is 18.2 Å². The van der Waals surface area contributed by atoms with E-state index >= 15 is 0 Å². The first-order chi connectivity index (χ1) is 9.74. The molecule has 1 heterocycles.